The van der Waals surface area contributed by atoms with Gasteiger partial charge in [-0.25, -0.2) is 12.7 Å². The van der Waals surface area contributed by atoms with Gasteiger partial charge in [0.15, 0.2) is 0 Å². The molecule has 0 spiro atoms. The van der Waals surface area contributed by atoms with Crippen molar-refractivity contribution in [3.05, 3.63) is 24.3 Å². The quantitative estimate of drug-likeness (QED) is 0.645. The second kappa shape index (κ2) is 6.56. The maximum absolute atomic E-state index is 12.5. The lowest BCUT2D eigenvalue weighted by Gasteiger charge is -2.26. The van der Waals surface area contributed by atoms with Gasteiger partial charge in [-0.3, -0.25) is 5.84 Å². The zero-order chi connectivity index (χ0) is 14.6. The third-order valence-corrected chi connectivity index (χ3v) is 5.81. The molecule has 1 aromatic carbocycles. The normalized spacial score (nSPS) is 17.4. The van der Waals surface area contributed by atoms with Crippen LogP contribution >= 0.6 is 0 Å². The van der Waals surface area contributed by atoms with E-state index in [-0.39, 0.29) is 0 Å². The number of hydrogen-bond acceptors (Lipinski definition) is 4. The number of sulfonamides is 1. The highest BCUT2D eigenvalue weighted by atomic mass is 32.2. The Hall–Kier alpha value is -1.11. The average molecular weight is 297 g/mol. The molecule has 1 aliphatic rings. The third kappa shape index (κ3) is 3.50. The van der Waals surface area contributed by atoms with Crippen molar-refractivity contribution in [2.24, 2.45) is 11.8 Å². The summed E-state index contributed by atoms with van der Waals surface area (Å²) in [5.41, 5.74) is 3.19. The Labute approximate surface area is 121 Å². The maximum Gasteiger partial charge on any atom is 0.242 e. The molecule has 0 atom stereocenters. The molecule has 1 aromatic rings. The molecule has 1 saturated carbocycles. The van der Waals surface area contributed by atoms with E-state index in [9.17, 15) is 8.42 Å². The summed E-state index contributed by atoms with van der Waals surface area (Å²) in [6.45, 7) is 0.610. The van der Waals surface area contributed by atoms with Gasteiger partial charge < -0.3 is 5.43 Å². The Morgan fingerprint density at radius 1 is 1.20 bits per heavy atom. The fourth-order valence-corrected chi connectivity index (χ4v) is 3.98. The zero-order valence-corrected chi connectivity index (χ0v) is 12.7. The summed E-state index contributed by atoms with van der Waals surface area (Å²) in [7, 11) is -1.73. The smallest absolute Gasteiger partial charge is 0.242 e. The molecule has 2 rings (SSSR count). The van der Waals surface area contributed by atoms with Crippen LogP contribution in [0.25, 0.3) is 0 Å². The molecule has 0 radical (unpaired) electrons. The second-order valence-electron chi connectivity index (χ2n) is 5.46. The first-order valence-corrected chi connectivity index (χ1v) is 8.51. The monoisotopic (exact) mass is 297 g/mol. The second-order valence-corrected chi connectivity index (χ2v) is 7.50. The van der Waals surface area contributed by atoms with Crippen molar-refractivity contribution in [1.29, 1.82) is 0 Å². The van der Waals surface area contributed by atoms with Crippen molar-refractivity contribution >= 4 is 15.7 Å². The van der Waals surface area contributed by atoms with E-state index < -0.39 is 10.0 Å². The van der Waals surface area contributed by atoms with Crippen LogP contribution in [-0.4, -0.2) is 26.3 Å². The van der Waals surface area contributed by atoms with Crippen molar-refractivity contribution in [1.82, 2.24) is 4.31 Å². The molecule has 1 aliphatic carbocycles. The molecule has 0 saturated heterocycles. The molecule has 0 aliphatic heterocycles. The largest absolute Gasteiger partial charge is 0.324 e. The Balaban J connectivity index is 2.07. The minimum Gasteiger partial charge on any atom is -0.324 e. The Bertz CT molecular complexity index is 522. The zero-order valence-electron chi connectivity index (χ0n) is 11.9. The van der Waals surface area contributed by atoms with Crippen molar-refractivity contribution in [2.45, 2.75) is 37.0 Å². The van der Waals surface area contributed by atoms with Crippen LogP contribution < -0.4 is 11.3 Å². The van der Waals surface area contributed by atoms with Gasteiger partial charge in [-0.05, 0) is 43.0 Å². The minimum atomic E-state index is -3.40. The molecule has 0 aromatic heterocycles. The van der Waals surface area contributed by atoms with Gasteiger partial charge in [0.05, 0.1) is 4.90 Å². The van der Waals surface area contributed by atoms with Gasteiger partial charge in [-0.2, -0.15) is 0 Å². The fraction of sp³-hybridized carbons (Fsp3) is 0.571. The van der Waals surface area contributed by atoms with Crippen LogP contribution in [0.3, 0.4) is 0 Å². The number of nitrogens with zero attached hydrogens (tertiary/aromatic N) is 1. The van der Waals surface area contributed by atoms with E-state index in [2.05, 4.69) is 5.43 Å². The van der Waals surface area contributed by atoms with Crippen LogP contribution in [0.15, 0.2) is 29.2 Å². The summed E-state index contributed by atoms with van der Waals surface area (Å²) in [5.74, 6) is 5.78. The summed E-state index contributed by atoms with van der Waals surface area (Å²) in [6.07, 6.45) is 5.98. The van der Waals surface area contributed by atoms with E-state index >= 15 is 0 Å². The molecule has 0 amide bonds. The van der Waals surface area contributed by atoms with Crippen molar-refractivity contribution in [2.75, 3.05) is 19.0 Å². The molecule has 0 unspecified atom stereocenters. The summed E-state index contributed by atoms with van der Waals surface area (Å²) >= 11 is 0. The minimum absolute atomic E-state index is 0.315. The van der Waals surface area contributed by atoms with Crippen LogP contribution in [-0.2, 0) is 10.0 Å². The molecular formula is C14H23N3O2S. The van der Waals surface area contributed by atoms with Crippen molar-refractivity contribution in [3.63, 3.8) is 0 Å². The van der Waals surface area contributed by atoms with Gasteiger partial charge in [-0.1, -0.05) is 19.3 Å². The maximum atomic E-state index is 12.5. The summed E-state index contributed by atoms with van der Waals surface area (Å²) in [6, 6.07) is 6.51. The number of benzene rings is 1. The van der Waals surface area contributed by atoms with Gasteiger partial charge in [0, 0.05) is 19.3 Å². The van der Waals surface area contributed by atoms with E-state index in [1.807, 2.05) is 0 Å². The summed E-state index contributed by atoms with van der Waals surface area (Å²) < 4.78 is 26.4. The van der Waals surface area contributed by atoms with Crippen LogP contribution in [0.1, 0.15) is 32.1 Å². The van der Waals surface area contributed by atoms with Gasteiger partial charge in [0.2, 0.25) is 10.0 Å². The number of hydrazine groups is 1. The third-order valence-electron chi connectivity index (χ3n) is 3.97. The van der Waals surface area contributed by atoms with Crippen LogP contribution in [0.2, 0.25) is 0 Å². The lowest BCUT2D eigenvalue weighted by Crippen LogP contribution is -2.32. The van der Waals surface area contributed by atoms with Crippen molar-refractivity contribution in [3.8, 4) is 0 Å². The van der Waals surface area contributed by atoms with Gasteiger partial charge >= 0.3 is 0 Å². The van der Waals surface area contributed by atoms with Crippen LogP contribution in [0, 0.1) is 5.92 Å². The first-order chi connectivity index (χ1) is 9.54. The number of rotatable bonds is 5. The molecule has 20 heavy (non-hydrogen) atoms. The first kappa shape index (κ1) is 15.3. The fourth-order valence-electron chi connectivity index (χ4n) is 2.73. The highest BCUT2D eigenvalue weighted by molar-refractivity contribution is 7.89. The van der Waals surface area contributed by atoms with Gasteiger partial charge in [-0.15, -0.1) is 0 Å². The standard InChI is InChI=1S/C14H23N3O2S/c1-17(11-12-5-3-2-4-6-12)20(18,19)14-9-7-13(16-15)8-10-14/h7-10,12,16H,2-6,11,15H2,1H3. The van der Waals surface area contributed by atoms with E-state index in [1.54, 1.807) is 31.3 Å². The van der Waals surface area contributed by atoms with Gasteiger partial charge in [0.1, 0.15) is 0 Å². The molecule has 0 bridgehead atoms. The van der Waals surface area contributed by atoms with Crippen LogP contribution in [0.5, 0.6) is 0 Å². The predicted molar refractivity (Wildman–Crippen MR) is 80.6 cm³/mol. The number of hydrogen-bond donors (Lipinski definition) is 2. The van der Waals surface area contributed by atoms with E-state index in [0.717, 1.165) is 12.8 Å². The van der Waals surface area contributed by atoms with Crippen LogP contribution in [0.4, 0.5) is 5.69 Å². The van der Waals surface area contributed by atoms with E-state index in [0.29, 0.717) is 23.0 Å². The Kier molecular flexibility index (Phi) is 5.01. The SMILES string of the molecule is CN(CC1CCCCC1)S(=O)(=O)c1ccc(NN)cc1. The average Bonchev–Trinajstić information content (AvgIpc) is 2.48. The Morgan fingerprint density at radius 2 is 1.80 bits per heavy atom. The van der Waals surface area contributed by atoms with Gasteiger partial charge in [0.25, 0.3) is 0 Å². The van der Waals surface area contributed by atoms with E-state index in [4.69, 9.17) is 5.84 Å². The molecule has 0 heterocycles. The van der Waals surface area contributed by atoms with Crippen molar-refractivity contribution < 1.29 is 8.42 Å². The highest BCUT2D eigenvalue weighted by Crippen LogP contribution is 2.26. The molecule has 3 N–H and O–H groups in total. The molecule has 6 heteroatoms. The highest BCUT2D eigenvalue weighted by Gasteiger charge is 2.24. The molecule has 1 fully saturated rings. The molecule has 5 nitrogen and oxygen atoms in total. The van der Waals surface area contributed by atoms with E-state index in [1.165, 1.54) is 23.6 Å². The number of nitrogens with one attached hydrogen (secondary N) is 1. The predicted octanol–water partition coefficient (Wildman–Crippen LogP) is 2.17. The number of anilines is 1. The summed E-state index contributed by atoms with van der Waals surface area (Å²) in [4.78, 5) is 0.315. The number of nitrogen functional groups attached to an aromatic ring is 1. The summed E-state index contributed by atoms with van der Waals surface area (Å²) in [5, 5.41) is 0. The molecule has 112 valence electrons. The lowest BCUT2D eigenvalue weighted by atomic mass is 9.89. The number of nitrogens with two attached hydrogens (primary N) is 1. The Morgan fingerprint density at radius 3 is 2.35 bits per heavy atom. The molecular weight excluding hydrogens is 274 g/mol. The lowest BCUT2D eigenvalue weighted by molar-refractivity contribution is 0.300. The first-order valence-electron chi connectivity index (χ1n) is 7.07. The topological polar surface area (TPSA) is 75.4 Å².